The second-order valence-electron chi connectivity index (χ2n) is 5.68. The summed E-state index contributed by atoms with van der Waals surface area (Å²) in [6.07, 6.45) is 0. The fourth-order valence-corrected chi connectivity index (χ4v) is 5.54. The summed E-state index contributed by atoms with van der Waals surface area (Å²) in [5.74, 6) is -0.728. The first-order chi connectivity index (χ1) is 11.0. The Labute approximate surface area is 140 Å². The number of aliphatic imine (C=N–C) groups is 1. The first-order valence-electron chi connectivity index (χ1n) is 6.91. The van der Waals surface area contributed by atoms with Crippen molar-refractivity contribution >= 4 is 29.2 Å². The number of fused-ring (bicyclic) bond motifs is 2. The van der Waals surface area contributed by atoms with E-state index in [0.29, 0.717) is 12.4 Å². The van der Waals surface area contributed by atoms with Crippen molar-refractivity contribution in [1.29, 1.82) is 10.5 Å². The number of thioether (sulfide) groups is 1. The van der Waals surface area contributed by atoms with Gasteiger partial charge >= 0.3 is 0 Å². The number of hydrogen-bond donors (Lipinski definition) is 1. The van der Waals surface area contributed by atoms with Gasteiger partial charge in [-0.15, -0.1) is 0 Å². The normalized spacial score (nSPS) is 40.3. The van der Waals surface area contributed by atoms with E-state index in [-0.39, 0.29) is 16.4 Å². The van der Waals surface area contributed by atoms with Gasteiger partial charge in [0.2, 0.25) is 5.06 Å². The van der Waals surface area contributed by atoms with E-state index in [1.165, 1.54) is 30.0 Å². The van der Waals surface area contributed by atoms with Gasteiger partial charge < -0.3 is 10.5 Å². The summed E-state index contributed by atoms with van der Waals surface area (Å²) < 4.78 is 20.2. The Balaban J connectivity index is 2.00. The van der Waals surface area contributed by atoms with Crippen LogP contribution >= 0.6 is 23.4 Å². The van der Waals surface area contributed by atoms with Crippen LogP contribution in [0.5, 0.6) is 0 Å². The lowest BCUT2D eigenvalue weighted by atomic mass is 9.95. The summed E-state index contributed by atoms with van der Waals surface area (Å²) in [4.78, 5) is 4.30. The van der Waals surface area contributed by atoms with Crippen LogP contribution in [0.1, 0.15) is 11.5 Å². The zero-order valence-electron chi connectivity index (χ0n) is 11.7. The minimum Gasteiger partial charge on any atom is -0.386 e. The quantitative estimate of drug-likeness (QED) is 0.840. The molecule has 1 aliphatic carbocycles. The number of nitrogens with zero attached hydrogens (tertiary/aromatic N) is 3. The molecule has 116 valence electrons. The molecule has 1 spiro atoms. The van der Waals surface area contributed by atoms with Crippen molar-refractivity contribution in [3.63, 3.8) is 0 Å². The Bertz CT molecular complexity index is 821. The summed E-state index contributed by atoms with van der Waals surface area (Å²) in [6, 6.07) is 8.57. The lowest BCUT2D eigenvalue weighted by molar-refractivity contribution is 0.0199. The first-order valence-corrected chi connectivity index (χ1v) is 8.27. The minimum absolute atomic E-state index is 0.0141. The topological polar surface area (TPSA) is 95.2 Å². The summed E-state index contributed by atoms with van der Waals surface area (Å²) in [6.45, 7) is 0.393. The maximum Gasteiger partial charge on any atom is 0.230 e. The Morgan fingerprint density at radius 2 is 2.22 bits per heavy atom. The molecule has 4 atom stereocenters. The van der Waals surface area contributed by atoms with Crippen LogP contribution < -0.4 is 5.73 Å². The second kappa shape index (κ2) is 4.39. The molecule has 1 aromatic carbocycles. The van der Waals surface area contributed by atoms with Crippen molar-refractivity contribution in [2.24, 2.45) is 21.6 Å². The van der Waals surface area contributed by atoms with E-state index in [0.717, 1.165) is 0 Å². The maximum absolute atomic E-state index is 14.4. The molecule has 2 aliphatic heterocycles. The van der Waals surface area contributed by atoms with Gasteiger partial charge in [-0.1, -0.05) is 29.4 Å². The molecule has 1 saturated carbocycles. The third-order valence-electron chi connectivity index (χ3n) is 4.89. The van der Waals surface area contributed by atoms with Crippen LogP contribution in [0.3, 0.4) is 0 Å². The average Bonchev–Trinajstić information content (AvgIpc) is 2.77. The van der Waals surface area contributed by atoms with Crippen molar-refractivity contribution < 1.29 is 9.13 Å². The van der Waals surface area contributed by atoms with E-state index in [9.17, 15) is 14.9 Å². The zero-order chi connectivity index (χ0) is 16.5. The van der Waals surface area contributed by atoms with E-state index < -0.39 is 27.6 Å². The van der Waals surface area contributed by atoms with Gasteiger partial charge in [-0.2, -0.15) is 10.5 Å². The molecule has 0 bridgehead atoms. The molecule has 2 N–H and O–H groups in total. The highest BCUT2D eigenvalue weighted by Gasteiger charge is 2.93. The van der Waals surface area contributed by atoms with Gasteiger partial charge in [0.1, 0.15) is 17.1 Å². The number of nitrogens with two attached hydrogens (primary N) is 1. The predicted octanol–water partition coefficient (Wildman–Crippen LogP) is 2.38. The third kappa shape index (κ3) is 1.36. The number of benzene rings is 1. The van der Waals surface area contributed by atoms with E-state index in [4.69, 9.17) is 22.1 Å². The number of halogens is 2. The SMILES string of the molecule is N#C[C@@]12[C@@H](c3c(F)cccc3Cl)[C@]1(C#N)C(N)=N[C@@]21OCCS1. The van der Waals surface area contributed by atoms with Crippen molar-refractivity contribution in [3.05, 3.63) is 34.6 Å². The van der Waals surface area contributed by atoms with Gasteiger partial charge in [0.25, 0.3) is 0 Å². The zero-order valence-corrected chi connectivity index (χ0v) is 13.3. The summed E-state index contributed by atoms with van der Waals surface area (Å²) >= 11 is 7.49. The molecule has 0 radical (unpaired) electrons. The standard InChI is InChI=1S/C15H10ClFN4OS/c16-8-2-1-3-9(17)10(8)11-13(6-18)12(20)21-15(14(11,13)7-19)22-4-5-23-15/h1-3,11H,4-5H2,(H2,20,21)/t11-,13+,14+,15+/m0/s1. The molecule has 0 aromatic heterocycles. The molecular formula is C15H10ClFN4OS. The van der Waals surface area contributed by atoms with Crippen molar-refractivity contribution in [1.82, 2.24) is 0 Å². The smallest absolute Gasteiger partial charge is 0.230 e. The highest BCUT2D eigenvalue weighted by molar-refractivity contribution is 8.00. The fraction of sp³-hybridized carbons (Fsp3) is 0.400. The molecule has 0 amide bonds. The van der Waals surface area contributed by atoms with Crippen LogP contribution in [-0.2, 0) is 4.74 Å². The number of rotatable bonds is 1. The molecule has 1 aromatic rings. The van der Waals surface area contributed by atoms with Gasteiger partial charge in [0.15, 0.2) is 5.41 Å². The minimum atomic E-state index is -1.41. The van der Waals surface area contributed by atoms with Crippen molar-refractivity contribution in [3.8, 4) is 12.1 Å². The molecule has 2 fully saturated rings. The van der Waals surface area contributed by atoms with E-state index in [1.54, 1.807) is 0 Å². The van der Waals surface area contributed by atoms with Crippen LogP contribution in [0.25, 0.3) is 0 Å². The third-order valence-corrected chi connectivity index (χ3v) is 6.52. The van der Waals surface area contributed by atoms with Gasteiger partial charge in [-0.25, -0.2) is 9.38 Å². The van der Waals surface area contributed by atoms with Crippen LogP contribution in [-0.4, -0.2) is 23.3 Å². The van der Waals surface area contributed by atoms with E-state index in [1.807, 2.05) is 0 Å². The molecule has 23 heavy (non-hydrogen) atoms. The van der Waals surface area contributed by atoms with E-state index >= 15 is 0 Å². The Morgan fingerprint density at radius 3 is 2.78 bits per heavy atom. The molecule has 2 heterocycles. The second-order valence-corrected chi connectivity index (χ2v) is 7.34. The lowest BCUT2D eigenvalue weighted by Crippen LogP contribution is -2.34. The van der Waals surface area contributed by atoms with Gasteiger partial charge in [0, 0.05) is 22.3 Å². The van der Waals surface area contributed by atoms with E-state index in [2.05, 4.69) is 17.1 Å². The largest absolute Gasteiger partial charge is 0.386 e. The summed E-state index contributed by atoms with van der Waals surface area (Å²) in [5, 5.41) is 18.6. The molecule has 0 unspecified atom stereocenters. The molecular weight excluding hydrogens is 339 g/mol. The molecule has 5 nitrogen and oxygen atoms in total. The van der Waals surface area contributed by atoms with Crippen LogP contribution in [0.4, 0.5) is 4.39 Å². The lowest BCUT2D eigenvalue weighted by Gasteiger charge is -2.26. The summed E-state index contributed by atoms with van der Waals surface area (Å²) in [7, 11) is 0. The van der Waals surface area contributed by atoms with Gasteiger partial charge in [-0.3, -0.25) is 0 Å². The van der Waals surface area contributed by atoms with Crippen LogP contribution in [0.2, 0.25) is 5.02 Å². The molecule has 4 rings (SSSR count). The van der Waals surface area contributed by atoms with Gasteiger partial charge in [-0.05, 0) is 12.1 Å². The highest BCUT2D eigenvalue weighted by Crippen LogP contribution is 2.84. The van der Waals surface area contributed by atoms with Crippen LogP contribution in [0.15, 0.2) is 23.2 Å². The number of hydrogen-bond acceptors (Lipinski definition) is 6. The maximum atomic E-state index is 14.4. The number of nitriles is 2. The average molecular weight is 349 g/mol. The highest BCUT2D eigenvalue weighted by atomic mass is 35.5. The predicted molar refractivity (Wildman–Crippen MR) is 83.0 cm³/mol. The number of ether oxygens (including phenoxy) is 1. The Kier molecular flexibility index (Phi) is 2.82. The monoisotopic (exact) mass is 348 g/mol. The van der Waals surface area contributed by atoms with Crippen molar-refractivity contribution in [2.45, 2.75) is 11.0 Å². The fourth-order valence-electron chi connectivity index (χ4n) is 3.94. The van der Waals surface area contributed by atoms with Gasteiger partial charge in [0.05, 0.1) is 18.7 Å². The Hall–Kier alpha value is -1.80. The number of amidine groups is 1. The van der Waals surface area contributed by atoms with Crippen molar-refractivity contribution in [2.75, 3.05) is 12.4 Å². The molecule has 3 aliphatic rings. The summed E-state index contributed by atoms with van der Waals surface area (Å²) in [5.41, 5.74) is 3.38. The Morgan fingerprint density at radius 1 is 1.43 bits per heavy atom. The van der Waals surface area contributed by atoms with Crippen LogP contribution in [0, 0.1) is 39.3 Å². The molecule has 1 saturated heterocycles. The first kappa shape index (κ1) is 14.8. The molecule has 8 heteroatoms.